The van der Waals surface area contributed by atoms with Gasteiger partial charge in [0.05, 0.1) is 11.6 Å². The first-order valence-corrected chi connectivity index (χ1v) is 6.94. The lowest BCUT2D eigenvalue weighted by Crippen LogP contribution is -2.38. The zero-order valence-corrected chi connectivity index (χ0v) is 10.9. The Morgan fingerprint density at radius 1 is 1.37 bits per heavy atom. The summed E-state index contributed by atoms with van der Waals surface area (Å²) in [6.45, 7) is 2.96. The third-order valence-corrected chi connectivity index (χ3v) is 4.35. The zero-order valence-electron chi connectivity index (χ0n) is 10.9. The Labute approximate surface area is 113 Å². The highest BCUT2D eigenvalue weighted by atomic mass is 19.1. The van der Waals surface area contributed by atoms with Crippen molar-refractivity contribution >= 4 is 0 Å². The molecule has 2 heterocycles. The SMILES string of the molecule is N#Cc1ccc(F)cc1CNC1CCN2CCCC12. The molecule has 2 saturated heterocycles. The Morgan fingerprint density at radius 2 is 2.26 bits per heavy atom. The monoisotopic (exact) mass is 259 g/mol. The molecule has 2 fully saturated rings. The van der Waals surface area contributed by atoms with E-state index in [-0.39, 0.29) is 5.82 Å². The fraction of sp³-hybridized carbons (Fsp3) is 0.533. The van der Waals surface area contributed by atoms with Gasteiger partial charge in [-0.25, -0.2) is 4.39 Å². The first-order valence-electron chi connectivity index (χ1n) is 6.94. The fourth-order valence-corrected chi connectivity index (χ4v) is 3.38. The molecule has 2 atom stereocenters. The average molecular weight is 259 g/mol. The minimum Gasteiger partial charge on any atom is -0.308 e. The van der Waals surface area contributed by atoms with Crippen LogP contribution in [0.1, 0.15) is 30.4 Å². The maximum absolute atomic E-state index is 13.3. The van der Waals surface area contributed by atoms with Crippen molar-refractivity contribution in [3.8, 4) is 6.07 Å². The number of hydrogen-bond donors (Lipinski definition) is 1. The third kappa shape index (κ3) is 2.49. The largest absolute Gasteiger partial charge is 0.308 e. The third-order valence-electron chi connectivity index (χ3n) is 4.35. The van der Waals surface area contributed by atoms with Gasteiger partial charge in [-0.1, -0.05) is 0 Å². The molecule has 3 rings (SSSR count). The number of halogens is 1. The van der Waals surface area contributed by atoms with Crippen molar-refractivity contribution in [2.45, 2.75) is 37.9 Å². The van der Waals surface area contributed by atoms with E-state index in [1.165, 1.54) is 31.5 Å². The topological polar surface area (TPSA) is 39.1 Å². The Balaban J connectivity index is 1.66. The molecule has 100 valence electrons. The van der Waals surface area contributed by atoms with E-state index in [4.69, 9.17) is 5.26 Å². The van der Waals surface area contributed by atoms with Gasteiger partial charge in [0.2, 0.25) is 0 Å². The second kappa shape index (κ2) is 5.28. The molecule has 0 aromatic heterocycles. The summed E-state index contributed by atoms with van der Waals surface area (Å²) in [5.41, 5.74) is 1.33. The van der Waals surface area contributed by atoms with Crippen LogP contribution in [-0.4, -0.2) is 30.1 Å². The summed E-state index contributed by atoms with van der Waals surface area (Å²) in [4.78, 5) is 2.54. The normalized spacial score (nSPS) is 26.3. The molecule has 19 heavy (non-hydrogen) atoms. The van der Waals surface area contributed by atoms with Gasteiger partial charge in [-0.3, -0.25) is 4.90 Å². The van der Waals surface area contributed by atoms with Gasteiger partial charge in [-0.2, -0.15) is 5.26 Å². The Kier molecular flexibility index (Phi) is 3.50. The lowest BCUT2D eigenvalue weighted by atomic mass is 10.0. The minimum absolute atomic E-state index is 0.273. The van der Waals surface area contributed by atoms with E-state index in [0.717, 1.165) is 18.5 Å². The second-order valence-electron chi connectivity index (χ2n) is 5.43. The summed E-state index contributed by atoms with van der Waals surface area (Å²) in [5, 5.41) is 12.6. The molecule has 0 spiro atoms. The number of fused-ring (bicyclic) bond motifs is 1. The number of nitrogens with one attached hydrogen (secondary N) is 1. The zero-order chi connectivity index (χ0) is 13.2. The molecule has 2 aliphatic rings. The summed E-state index contributed by atoms with van der Waals surface area (Å²) in [7, 11) is 0. The van der Waals surface area contributed by atoms with Crippen molar-refractivity contribution in [2.75, 3.05) is 13.1 Å². The van der Waals surface area contributed by atoms with Crippen molar-refractivity contribution in [3.63, 3.8) is 0 Å². The minimum atomic E-state index is -0.273. The molecule has 1 aromatic rings. The quantitative estimate of drug-likeness (QED) is 0.902. The number of nitriles is 1. The van der Waals surface area contributed by atoms with Gasteiger partial charge < -0.3 is 5.32 Å². The van der Waals surface area contributed by atoms with Crippen LogP contribution < -0.4 is 5.32 Å². The van der Waals surface area contributed by atoms with Crippen molar-refractivity contribution < 1.29 is 4.39 Å². The van der Waals surface area contributed by atoms with Crippen molar-refractivity contribution in [1.29, 1.82) is 5.26 Å². The average Bonchev–Trinajstić information content (AvgIpc) is 3.00. The molecule has 0 amide bonds. The first-order chi connectivity index (χ1) is 9.28. The van der Waals surface area contributed by atoms with Gasteiger partial charge in [-0.15, -0.1) is 0 Å². The molecule has 2 aliphatic heterocycles. The highest BCUT2D eigenvalue weighted by Crippen LogP contribution is 2.28. The Morgan fingerprint density at radius 3 is 3.11 bits per heavy atom. The fourth-order valence-electron chi connectivity index (χ4n) is 3.38. The summed E-state index contributed by atoms with van der Waals surface area (Å²) >= 11 is 0. The summed E-state index contributed by atoms with van der Waals surface area (Å²) in [6.07, 6.45) is 3.69. The van der Waals surface area contributed by atoms with Gasteiger partial charge in [0.15, 0.2) is 0 Å². The summed E-state index contributed by atoms with van der Waals surface area (Å²) in [5.74, 6) is -0.273. The second-order valence-corrected chi connectivity index (χ2v) is 5.43. The van der Waals surface area contributed by atoms with E-state index in [1.54, 1.807) is 6.07 Å². The first kappa shape index (κ1) is 12.6. The van der Waals surface area contributed by atoms with E-state index in [9.17, 15) is 4.39 Å². The highest BCUT2D eigenvalue weighted by Gasteiger charge is 2.36. The molecule has 3 nitrogen and oxygen atoms in total. The molecule has 2 unspecified atom stereocenters. The van der Waals surface area contributed by atoms with E-state index < -0.39 is 0 Å². The van der Waals surface area contributed by atoms with Gasteiger partial charge in [0.1, 0.15) is 5.82 Å². The standard InChI is InChI=1S/C15H18FN3/c16-13-4-3-11(9-17)12(8-13)10-18-14-5-7-19-6-1-2-15(14)19/h3-4,8,14-15,18H,1-2,5-7,10H2. The van der Waals surface area contributed by atoms with E-state index in [2.05, 4.69) is 16.3 Å². The highest BCUT2D eigenvalue weighted by molar-refractivity contribution is 5.37. The number of nitrogens with zero attached hydrogens (tertiary/aromatic N) is 2. The Bertz CT molecular complexity index is 509. The van der Waals surface area contributed by atoms with Crippen molar-refractivity contribution in [3.05, 3.63) is 35.1 Å². The number of hydrogen-bond acceptors (Lipinski definition) is 3. The molecule has 4 heteroatoms. The van der Waals surface area contributed by atoms with Crippen LogP contribution in [0.4, 0.5) is 4.39 Å². The summed E-state index contributed by atoms with van der Waals surface area (Å²) < 4.78 is 13.3. The Hall–Kier alpha value is -1.44. The van der Waals surface area contributed by atoms with Gasteiger partial charge >= 0.3 is 0 Å². The van der Waals surface area contributed by atoms with Gasteiger partial charge in [0, 0.05) is 25.2 Å². The molecule has 0 aliphatic carbocycles. The number of benzene rings is 1. The molecule has 1 aromatic carbocycles. The molecular formula is C15H18FN3. The maximum Gasteiger partial charge on any atom is 0.123 e. The molecular weight excluding hydrogens is 241 g/mol. The smallest absolute Gasteiger partial charge is 0.123 e. The molecule has 0 bridgehead atoms. The van der Waals surface area contributed by atoms with Crippen LogP contribution in [-0.2, 0) is 6.54 Å². The van der Waals surface area contributed by atoms with Crippen molar-refractivity contribution in [1.82, 2.24) is 10.2 Å². The summed E-state index contributed by atoms with van der Waals surface area (Å²) in [6, 6.07) is 7.62. The maximum atomic E-state index is 13.3. The molecule has 0 saturated carbocycles. The van der Waals surface area contributed by atoms with Crippen LogP contribution in [0.5, 0.6) is 0 Å². The van der Waals surface area contributed by atoms with E-state index in [1.807, 2.05) is 0 Å². The van der Waals surface area contributed by atoms with Crippen LogP contribution in [0.15, 0.2) is 18.2 Å². The molecule has 0 radical (unpaired) electrons. The van der Waals surface area contributed by atoms with Crippen LogP contribution in [0, 0.1) is 17.1 Å². The molecule has 1 N–H and O–H groups in total. The number of rotatable bonds is 3. The lowest BCUT2D eigenvalue weighted by Gasteiger charge is -2.21. The van der Waals surface area contributed by atoms with Crippen LogP contribution in [0.2, 0.25) is 0 Å². The van der Waals surface area contributed by atoms with Crippen molar-refractivity contribution in [2.24, 2.45) is 0 Å². The van der Waals surface area contributed by atoms with Crippen LogP contribution in [0.3, 0.4) is 0 Å². The predicted octanol–water partition coefficient (Wildman–Crippen LogP) is 2.02. The van der Waals surface area contributed by atoms with Gasteiger partial charge in [-0.05, 0) is 49.6 Å². The van der Waals surface area contributed by atoms with Crippen LogP contribution in [0.25, 0.3) is 0 Å². The van der Waals surface area contributed by atoms with E-state index >= 15 is 0 Å². The predicted molar refractivity (Wildman–Crippen MR) is 71.0 cm³/mol. The lowest BCUT2D eigenvalue weighted by molar-refractivity contribution is 0.298. The van der Waals surface area contributed by atoms with Gasteiger partial charge in [0.25, 0.3) is 0 Å². The van der Waals surface area contributed by atoms with E-state index in [0.29, 0.717) is 24.2 Å². The van der Waals surface area contributed by atoms with Crippen LogP contribution >= 0.6 is 0 Å².